The molecule has 4 nitrogen and oxygen atoms in total. The van der Waals surface area contributed by atoms with Gasteiger partial charge in [-0.25, -0.2) is 15.0 Å². The third kappa shape index (κ3) is 3.67. The van der Waals surface area contributed by atoms with E-state index in [0.29, 0.717) is 0 Å². The summed E-state index contributed by atoms with van der Waals surface area (Å²) in [6, 6.07) is 33.5. The van der Waals surface area contributed by atoms with E-state index in [2.05, 4.69) is 91.0 Å². The highest BCUT2D eigenvalue weighted by atomic mass is 16.5. The number of aromatic nitrogens is 3. The molecule has 0 N–H and O–H groups in total. The highest BCUT2D eigenvalue weighted by Crippen LogP contribution is 2.65. The molecule has 3 unspecified atom stereocenters. The van der Waals surface area contributed by atoms with Gasteiger partial charge in [0.15, 0.2) is 5.82 Å². The van der Waals surface area contributed by atoms with Gasteiger partial charge >= 0.3 is 0 Å². The lowest BCUT2D eigenvalue weighted by Crippen LogP contribution is -2.50. The van der Waals surface area contributed by atoms with Crippen LogP contribution in [-0.2, 0) is 16.2 Å². The normalized spacial score (nSPS) is 34.5. The van der Waals surface area contributed by atoms with E-state index < -0.39 is 5.41 Å². The largest absolute Gasteiger partial charge is 0.457 e. The topological polar surface area (TPSA) is 47.9 Å². The van der Waals surface area contributed by atoms with Gasteiger partial charge in [-0.05, 0) is 147 Å². The van der Waals surface area contributed by atoms with E-state index >= 15 is 0 Å². The Balaban J connectivity index is 1.07. The van der Waals surface area contributed by atoms with Crippen molar-refractivity contribution in [2.24, 2.45) is 35.5 Å². The zero-order chi connectivity index (χ0) is 33.8. The van der Waals surface area contributed by atoms with Crippen molar-refractivity contribution in [1.82, 2.24) is 15.0 Å². The molecule has 52 heavy (non-hydrogen) atoms. The molecule has 2 heterocycles. The Labute approximate surface area is 306 Å². The van der Waals surface area contributed by atoms with Crippen molar-refractivity contribution in [2.75, 3.05) is 0 Å². The van der Waals surface area contributed by atoms with Crippen LogP contribution in [0.25, 0.3) is 22.5 Å². The number of ether oxygens (including phenoxy) is 1. The third-order valence-corrected chi connectivity index (χ3v) is 16.0. The van der Waals surface area contributed by atoms with Crippen molar-refractivity contribution in [3.63, 3.8) is 0 Å². The lowest BCUT2D eigenvalue weighted by atomic mass is 9.49. The fourth-order valence-corrected chi connectivity index (χ4v) is 14.7. The van der Waals surface area contributed by atoms with E-state index in [1.54, 1.807) is 0 Å². The van der Waals surface area contributed by atoms with Crippen molar-refractivity contribution in [3.05, 3.63) is 125 Å². The summed E-state index contributed by atoms with van der Waals surface area (Å²) in [6.45, 7) is 0. The van der Waals surface area contributed by atoms with Crippen LogP contribution in [-0.4, -0.2) is 15.0 Å². The molecular weight excluding hydrogens is 635 g/mol. The molecule has 1 aliphatic heterocycles. The molecule has 5 aromatic rings. The summed E-state index contributed by atoms with van der Waals surface area (Å²) in [7, 11) is 0. The first-order valence-electron chi connectivity index (χ1n) is 20.5. The van der Waals surface area contributed by atoms with Crippen LogP contribution in [0, 0.1) is 35.5 Å². The predicted molar refractivity (Wildman–Crippen MR) is 202 cm³/mol. The Morgan fingerprint density at radius 3 is 1.77 bits per heavy atom. The molecule has 7 bridgehead atoms. The molecule has 1 spiro atoms. The molecule has 7 saturated carbocycles. The predicted octanol–water partition coefficient (Wildman–Crippen LogP) is 10.9. The van der Waals surface area contributed by atoms with Gasteiger partial charge < -0.3 is 4.74 Å². The van der Waals surface area contributed by atoms with Crippen molar-refractivity contribution in [3.8, 4) is 34.0 Å². The summed E-state index contributed by atoms with van der Waals surface area (Å²) in [5.41, 5.74) is 8.48. The van der Waals surface area contributed by atoms with E-state index in [-0.39, 0.29) is 10.8 Å². The molecule has 4 aromatic carbocycles. The lowest BCUT2D eigenvalue weighted by Gasteiger charge is -2.56. The van der Waals surface area contributed by atoms with E-state index in [4.69, 9.17) is 19.7 Å². The monoisotopic (exact) mass is 679 g/mol. The first-order chi connectivity index (χ1) is 25.6. The molecule has 9 aliphatic rings. The van der Waals surface area contributed by atoms with Crippen LogP contribution < -0.4 is 4.74 Å². The lowest BCUT2D eigenvalue weighted by molar-refractivity contribution is -0.00987. The molecule has 14 rings (SSSR count). The van der Waals surface area contributed by atoms with Crippen molar-refractivity contribution < 1.29 is 4.74 Å². The van der Waals surface area contributed by atoms with Gasteiger partial charge in [0.05, 0.1) is 5.41 Å². The second-order valence-electron chi connectivity index (χ2n) is 18.7. The van der Waals surface area contributed by atoms with Crippen molar-refractivity contribution in [2.45, 2.75) is 93.3 Å². The van der Waals surface area contributed by atoms with Crippen LogP contribution >= 0.6 is 0 Å². The fourth-order valence-electron chi connectivity index (χ4n) is 14.7. The number of rotatable bonds is 3. The Morgan fingerprint density at radius 1 is 0.481 bits per heavy atom. The van der Waals surface area contributed by atoms with Crippen LogP contribution in [0.3, 0.4) is 0 Å². The average molecular weight is 680 g/mol. The van der Waals surface area contributed by atoms with Gasteiger partial charge in [-0.2, -0.15) is 0 Å². The average Bonchev–Trinajstić information content (AvgIpc) is 3.58. The maximum absolute atomic E-state index is 6.64. The molecule has 4 atom stereocenters. The second kappa shape index (κ2) is 10.0. The Kier molecular flexibility index (Phi) is 5.62. The zero-order valence-electron chi connectivity index (χ0n) is 29.9. The van der Waals surface area contributed by atoms with E-state index in [1.165, 1.54) is 116 Å². The molecule has 7 fully saturated rings. The summed E-state index contributed by atoms with van der Waals surface area (Å²) in [4.78, 5) is 17.3. The zero-order valence-corrected chi connectivity index (χ0v) is 29.9. The molecule has 258 valence electrons. The molecule has 0 amide bonds. The SMILES string of the molecule is c1ccc2c(c1)Oc1ccccc1C21c2ccccc2-c2c(-c3nc(C45CCC6C[C@H](CC6C4)C5)nc(C45C[C@H]6C[C@H](C4)C[C@@H](C5)C6)n3)cccc21. The highest BCUT2D eigenvalue weighted by Gasteiger charge is 2.57. The molecule has 1 aromatic heterocycles. The molecule has 4 heteroatoms. The molecular formula is C48H45N3O. The Bertz CT molecular complexity index is 2240. The van der Waals surface area contributed by atoms with Crippen molar-refractivity contribution in [1.29, 1.82) is 0 Å². The van der Waals surface area contributed by atoms with Crippen LogP contribution in [0.5, 0.6) is 11.5 Å². The third-order valence-electron chi connectivity index (χ3n) is 16.0. The van der Waals surface area contributed by atoms with Gasteiger partial charge in [0.1, 0.15) is 23.1 Å². The van der Waals surface area contributed by atoms with Gasteiger partial charge in [0.25, 0.3) is 0 Å². The number of hydrogen-bond acceptors (Lipinski definition) is 4. The maximum atomic E-state index is 6.64. The smallest absolute Gasteiger partial charge is 0.164 e. The highest BCUT2D eigenvalue weighted by molar-refractivity contribution is 5.95. The van der Waals surface area contributed by atoms with Gasteiger partial charge in [-0.1, -0.05) is 78.9 Å². The summed E-state index contributed by atoms with van der Waals surface area (Å²) >= 11 is 0. The molecule has 0 radical (unpaired) electrons. The minimum atomic E-state index is -0.494. The number of fused-ring (bicyclic) bond motifs is 11. The van der Waals surface area contributed by atoms with Crippen molar-refractivity contribution >= 4 is 0 Å². The van der Waals surface area contributed by atoms with Crippen LogP contribution in [0.1, 0.15) is 111 Å². The quantitative estimate of drug-likeness (QED) is 0.186. The second-order valence-corrected chi connectivity index (χ2v) is 18.7. The van der Waals surface area contributed by atoms with Crippen LogP contribution in [0.2, 0.25) is 0 Å². The van der Waals surface area contributed by atoms with E-state index in [9.17, 15) is 0 Å². The van der Waals surface area contributed by atoms with E-state index in [1.807, 2.05) is 0 Å². The number of nitrogens with zero attached hydrogens (tertiary/aromatic N) is 3. The summed E-state index contributed by atoms with van der Waals surface area (Å²) in [5, 5.41) is 0. The van der Waals surface area contributed by atoms with Crippen LogP contribution in [0.15, 0.2) is 91.0 Å². The molecule has 0 saturated heterocycles. The fraction of sp³-hybridized carbons (Fsp3) is 0.438. The number of benzene rings is 4. The summed E-state index contributed by atoms with van der Waals surface area (Å²) in [6.07, 6.45) is 16.1. The van der Waals surface area contributed by atoms with Gasteiger partial charge in [-0.3, -0.25) is 0 Å². The Hall–Kier alpha value is -4.31. The number of hydrogen-bond donors (Lipinski definition) is 0. The summed E-state index contributed by atoms with van der Waals surface area (Å²) in [5.74, 6) is 10.3. The first kappa shape index (κ1) is 29.2. The minimum Gasteiger partial charge on any atom is -0.457 e. The minimum absolute atomic E-state index is 0.102. The standard InChI is InChI=1S/C48H45N3O/c1-2-10-36-34(8-1)42-35(9-7-13-39(42)48(36)37-11-3-5-14-40(37)52-41-15-6-4-12-38(41)48)43-49-44(46-17-16-32-21-31(23-46)22-33(32)27-46)51-45(50-43)47-24-28-18-29(25-47)20-30(19-28)26-47/h1-15,28-33H,16-27H2/t28-,29-,30-,31-,32?,33?,46?,47?/m1/s1. The Morgan fingerprint density at radius 2 is 1.04 bits per heavy atom. The number of para-hydroxylation sites is 2. The maximum Gasteiger partial charge on any atom is 0.164 e. The van der Waals surface area contributed by atoms with Crippen LogP contribution in [0.4, 0.5) is 0 Å². The first-order valence-corrected chi connectivity index (χ1v) is 20.5. The van der Waals surface area contributed by atoms with Gasteiger partial charge in [0, 0.05) is 27.5 Å². The van der Waals surface area contributed by atoms with Gasteiger partial charge in [0.2, 0.25) is 0 Å². The van der Waals surface area contributed by atoms with E-state index in [0.717, 1.165) is 64.5 Å². The van der Waals surface area contributed by atoms with Gasteiger partial charge in [-0.15, -0.1) is 0 Å². The summed E-state index contributed by atoms with van der Waals surface area (Å²) < 4.78 is 6.64. The molecule has 8 aliphatic carbocycles.